The lowest BCUT2D eigenvalue weighted by Gasteiger charge is -2.19. The van der Waals surface area contributed by atoms with Crippen LogP contribution in [0.25, 0.3) is 0 Å². The van der Waals surface area contributed by atoms with Crippen LogP contribution in [0.1, 0.15) is 191 Å². The Morgan fingerprint density at radius 3 is 0.962 bits per heavy atom. The molecule has 12 rings (SSSR count). The molecule has 4 aliphatic rings. The number of carbonyl (C=O) groups is 4. The summed E-state index contributed by atoms with van der Waals surface area (Å²) in [6, 6.07) is 4.68. The Bertz CT molecular complexity index is 3890. The number of hydrogen-bond donors (Lipinski definition) is 12. The second-order valence-electron chi connectivity index (χ2n) is 27.4. The standard InChI is InChI=1S/C20H26FN3O.C19H24FN3O2.C18H23FN3O3P.C18H22FN3O3.4CH4/c1-5-14-8-18(19(21)12(14)3)24-17-6-7-22-9-16(17)20(25)15-10-23-13(4)11(15)2;1-10-12(3)22-8-14(10)19(25)15-7-21-5-4-16(15)23-17-6-13(9-24)11(2)18(17)20;1-9-10(2)22(26)7-13(9)18(25)12-6-20-4-3-14(12)21-15-5-11(8-23)17(24)16(15)19;1-9-10(2)21-7-12(9)18(25)13-6-20-4-3-14(13)22-15-5-11(8-23)17(24)16(15)19;;;;/h6-7,9-10,12,14,18-19,23H,5,8H2,1-4H3,(H,22,24);4-5,7-8,11,13,17-18,22,24H,6,9H2,1-3H3,(H,21,23);3-4,6-7,11,15-17,23-24H,5,8,26H2,1-2H3,(H,20,21);3-4,6-7,11,15-17,21,23-24H,5,8H2,1-2H3,(H,20,22);4*1H4/t12-,14+,18-,19+;11-,13-,17-,18+;2*11-,15-,16-,17-;;;;/m1111..../s1. The van der Waals surface area contributed by atoms with Crippen molar-refractivity contribution in [1.82, 2.24) is 39.2 Å². The molecule has 8 aromatic rings. The van der Waals surface area contributed by atoms with Crippen molar-refractivity contribution in [3.63, 3.8) is 0 Å². The van der Waals surface area contributed by atoms with Crippen LogP contribution < -0.4 is 21.3 Å². The Labute approximate surface area is 617 Å². The van der Waals surface area contributed by atoms with Gasteiger partial charge in [-0.15, -0.1) is 0 Å². The summed E-state index contributed by atoms with van der Waals surface area (Å²) in [5, 5.41) is 60.1. The zero-order valence-electron chi connectivity index (χ0n) is 58.8. The van der Waals surface area contributed by atoms with E-state index in [1.54, 1.807) is 67.6 Å². The molecule has 574 valence electrons. The molecule has 0 radical (unpaired) electrons. The second-order valence-corrected chi connectivity index (χ2v) is 28.0. The first-order valence-corrected chi connectivity index (χ1v) is 34.8. The van der Waals surface area contributed by atoms with E-state index in [2.05, 4.69) is 72.5 Å². The maximum atomic E-state index is 14.7. The van der Waals surface area contributed by atoms with Gasteiger partial charge in [0, 0.05) is 174 Å². The van der Waals surface area contributed by atoms with Crippen LogP contribution in [-0.2, 0) is 0 Å². The summed E-state index contributed by atoms with van der Waals surface area (Å²) in [5.74, 6) is -1.52. The van der Waals surface area contributed by atoms with Crippen LogP contribution in [0, 0.1) is 90.9 Å². The number of aliphatic hydroxyl groups excluding tert-OH is 5. The number of carbonyl (C=O) groups excluding carboxylic acids is 4. The number of H-pyrrole nitrogens is 3. The fraction of sp³-hybridized carbons (Fsp3) is 0.494. The van der Waals surface area contributed by atoms with Crippen LogP contribution in [0.15, 0.2) is 98.6 Å². The molecule has 0 amide bonds. The molecule has 0 aliphatic heterocycles. The number of rotatable bonds is 20. The van der Waals surface area contributed by atoms with Crippen molar-refractivity contribution in [1.29, 1.82) is 0 Å². The van der Waals surface area contributed by atoms with Crippen molar-refractivity contribution >= 4 is 55.3 Å². The first-order chi connectivity index (χ1) is 48.1. The van der Waals surface area contributed by atoms with E-state index < -0.39 is 66.9 Å². The van der Waals surface area contributed by atoms with Crippen molar-refractivity contribution in [3.8, 4) is 0 Å². The van der Waals surface area contributed by atoms with Gasteiger partial charge in [0.25, 0.3) is 0 Å². The molecule has 4 aliphatic carbocycles. The van der Waals surface area contributed by atoms with Gasteiger partial charge in [0.05, 0.1) is 58.6 Å². The average Bonchev–Trinajstić information content (AvgIpc) is 1.69. The van der Waals surface area contributed by atoms with E-state index in [4.69, 9.17) is 0 Å². The van der Waals surface area contributed by atoms with Gasteiger partial charge in [-0.3, -0.25) is 39.1 Å². The first kappa shape index (κ1) is 87.2. The number of nitrogens with one attached hydrogen (secondary N) is 7. The molecule has 21 nitrogen and oxygen atoms in total. The molecule has 8 aromatic heterocycles. The van der Waals surface area contributed by atoms with Crippen molar-refractivity contribution < 1.29 is 62.3 Å². The Kier molecular flexibility index (Phi) is 31.7. The van der Waals surface area contributed by atoms with E-state index in [-0.39, 0.29) is 109 Å². The number of aryl methyl sites for hydroxylation is 3. The molecule has 1 unspecified atom stereocenters. The van der Waals surface area contributed by atoms with Crippen LogP contribution >= 0.6 is 9.39 Å². The molecule has 12 N–H and O–H groups in total. The summed E-state index contributed by atoms with van der Waals surface area (Å²) in [6.07, 6.45) is 14.6. The van der Waals surface area contributed by atoms with Crippen LogP contribution in [0.2, 0.25) is 0 Å². The molecule has 0 saturated heterocycles. The molecular weight excluding hydrogens is 1370 g/mol. The fourth-order valence-electron chi connectivity index (χ4n) is 14.1. The number of halogens is 4. The highest BCUT2D eigenvalue weighted by molar-refractivity contribution is 7.14. The van der Waals surface area contributed by atoms with Crippen molar-refractivity contribution in [3.05, 3.63) is 188 Å². The summed E-state index contributed by atoms with van der Waals surface area (Å²) >= 11 is 0. The Hall–Kier alpha value is -8.45. The third-order valence-corrected chi connectivity index (χ3v) is 22.0. The minimum Gasteiger partial charge on any atom is -0.396 e. The largest absolute Gasteiger partial charge is 0.396 e. The quantitative estimate of drug-likeness (QED) is 0.0192. The van der Waals surface area contributed by atoms with Gasteiger partial charge in [-0.2, -0.15) is 0 Å². The van der Waals surface area contributed by atoms with Crippen LogP contribution in [0.5, 0.6) is 0 Å². The zero-order chi connectivity index (χ0) is 73.4. The minimum absolute atomic E-state index is 0. The van der Waals surface area contributed by atoms with Crippen molar-refractivity contribution in [2.45, 2.75) is 199 Å². The Morgan fingerprint density at radius 1 is 0.448 bits per heavy atom. The Balaban J connectivity index is 0.000000248. The van der Waals surface area contributed by atoms with E-state index in [0.717, 1.165) is 57.9 Å². The summed E-state index contributed by atoms with van der Waals surface area (Å²) in [7, 11) is 2.54. The summed E-state index contributed by atoms with van der Waals surface area (Å²) in [5.41, 5.74) is 13.5. The monoisotopic (exact) mass is 1480 g/mol. The minimum atomic E-state index is -1.51. The molecule has 105 heavy (non-hydrogen) atoms. The number of aromatic nitrogens is 8. The highest BCUT2D eigenvalue weighted by Crippen LogP contribution is 2.41. The normalized spacial score (nSPS) is 24.8. The summed E-state index contributed by atoms with van der Waals surface area (Å²) in [4.78, 5) is 77.1. The molecule has 4 saturated carbocycles. The maximum absolute atomic E-state index is 14.7. The number of aromatic amines is 3. The molecule has 26 heteroatoms. The van der Waals surface area contributed by atoms with Crippen LogP contribution in [0.3, 0.4) is 0 Å². The lowest BCUT2D eigenvalue weighted by atomic mass is 9.95. The summed E-state index contributed by atoms with van der Waals surface area (Å²) < 4.78 is 59.7. The van der Waals surface area contributed by atoms with Gasteiger partial charge in [-0.05, 0) is 161 Å². The van der Waals surface area contributed by atoms with Crippen molar-refractivity contribution in [2.75, 3.05) is 41.1 Å². The SMILES string of the molecule is C.C.C.C.CC[C@H]1C[C@@H](Nc2ccncc2C(=O)c2c[nH]c(C)c2C)[C@@H](F)[C@@H]1C.Cc1[nH]cc(C(=O)c2cnccc2N[C@@H]2C[C@H](CO)[C@@H](C)[C@@H]2F)c1C.Cc1[nH]cc(C(=O)c2cnccc2N[C@@H]2C[C@H](CO)[C@@H](O)[C@@H]2F)c1C.Cc1c(C(=O)c2cnccc2N[C@@H]2C[C@H](CO)[C@@H](O)[C@@H]2F)cn(P)c1C. The van der Waals surface area contributed by atoms with Gasteiger partial charge in [0.1, 0.15) is 24.7 Å². The number of alkyl halides is 4. The van der Waals surface area contributed by atoms with Gasteiger partial charge in [0.2, 0.25) is 0 Å². The van der Waals surface area contributed by atoms with E-state index in [9.17, 15) is 62.3 Å². The first-order valence-electron chi connectivity index (χ1n) is 34.3. The number of aliphatic hydroxyl groups is 5. The summed E-state index contributed by atoms with van der Waals surface area (Å²) in [6.45, 7) is 20.5. The third-order valence-electron chi connectivity index (χ3n) is 21.5. The van der Waals surface area contributed by atoms with E-state index in [0.29, 0.717) is 79.6 Å². The van der Waals surface area contributed by atoms with Gasteiger partial charge < -0.3 is 66.1 Å². The lowest BCUT2D eigenvalue weighted by Crippen LogP contribution is -2.32. The van der Waals surface area contributed by atoms with Gasteiger partial charge in [-0.1, -0.05) is 56.9 Å². The zero-order valence-corrected chi connectivity index (χ0v) is 60.0. The maximum Gasteiger partial charge on any atom is 0.198 e. The van der Waals surface area contributed by atoms with Gasteiger partial charge in [0.15, 0.2) is 23.1 Å². The van der Waals surface area contributed by atoms with Crippen LogP contribution in [0.4, 0.5) is 40.3 Å². The lowest BCUT2D eigenvalue weighted by molar-refractivity contribution is 0.0443. The highest BCUT2D eigenvalue weighted by Gasteiger charge is 2.45. The molecular formula is C79H111F4N12O9P. The molecule has 0 bridgehead atoms. The average molecular weight is 1480 g/mol. The number of hydrogen-bond acceptors (Lipinski definition) is 17. The van der Waals surface area contributed by atoms with E-state index in [1.165, 1.54) is 31.0 Å². The number of anilines is 4. The van der Waals surface area contributed by atoms with Gasteiger partial charge in [-0.25, -0.2) is 17.6 Å². The topological polar surface area (TPSA) is 321 Å². The fourth-order valence-corrected chi connectivity index (χ4v) is 14.5. The third kappa shape index (κ3) is 18.9. The number of pyridine rings is 4. The molecule has 17 atom stereocenters. The molecule has 0 spiro atoms. The molecule has 4 fully saturated rings. The molecule has 8 heterocycles. The van der Waals surface area contributed by atoms with Crippen molar-refractivity contribution in [2.24, 2.45) is 35.5 Å². The van der Waals surface area contributed by atoms with E-state index >= 15 is 0 Å². The smallest absolute Gasteiger partial charge is 0.198 e. The second kappa shape index (κ2) is 38.2. The molecule has 0 aromatic carbocycles. The van der Waals surface area contributed by atoms with E-state index in [1.807, 2.05) is 73.6 Å². The van der Waals surface area contributed by atoms with Gasteiger partial charge >= 0.3 is 0 Å². The number of ketones is 4. The Morgan fingerprint density at radius 2 is 0.724 bits per heavy atom. The van der Waals surface area contributed by atoms with Crippen LogP contribution in [-0.4, -0.2) is 169 Å². The number of nitrogens with zero attached hydrogens (tertiary/aromatic N) is 5. The predicted octanol–water partition coefficient (Wildman–Crippen LogP) is 13.6. The highest BCUT2D eigenvalue weighted by atomic mass is 31.0. The predicted molar refractivity (Wildman–Crippen MR) is 411 cm³/mol.